The molecule has 4 rings (SSSR count). The van der Waals surface area contributed by atoms with Crippen molar-refractivity contribution in [2.45, 2.75) is 38.9 Å². The molecular weight excluding hydrogens is 448 g/mol. The fourth-order valence-electron chi connectivity index (χ4n) is 4.31. The number of hydrogen-bond acceptors (Lipinski definition) is 6. The largest absolute Gasteiger partial charge is 0.383 e. The number of aryl methyl sites for hydroxylation is 2. The van der Waals surface area contributed by atoms with Gasteiger partial charge in [-0.25, -0.2) is 14.5 Å². The molecule has 3 aromatic heterocycles. The first-order valence-corrected chi connectivity index (χ1v) is 12.1. The van der Waals surface area contributed by atoms with Crippen LogP contribution in [0.15, 0.2) is 58.6 Å². The van der Waals surface area contributed by atoms with Gasteiger partial charge in [0.15, 0.2) is 10.9 Å². The van der Waals surface area contributed by atoms with Gasteiger partial charge < -0.3 is 9.30 Å². The number of ether oxygens (including phenoxy) is 1. The number of para-hydroxylation sites is 1. The lowest BCUT2D eigenvalue weighted by atomic mass is 10.2. The lowest BCUT2D eigenvalue weighted by Crippen LogP contribution is -2.23. The molecule has 0 aliphatic rings. The summed E-state index contributed by atoms with van der Waals surface area (Å²) in [4.78, 5) is 35.7. The van der Waals surface area contributed by atoms with Crippen LogP contribution in [0.3, 0.4) is 0 Å². The van der Waals surface area contributed by atoms with E-state index in [0.717, 1.165) is 17.0 Å². The van der Waals surface area contributed by atoms with Gasteiger partial charge in [-0.15, -0.1) is 0 Å². The first-order chi connectivity index (χ1) is 16.3. The summed E-state index contributed by atoms with van der Waals surface area (Å²) in [5, 5.41) is 0.953. The second-order valence-corrected chi connectivity index (χ2v) is 9.36. The van der Waals surface area contributed by atoms with Gasteiger partial charge in [0.2, 0.25) is 0 Å². The van der Waals surface area contributed by atoms with Crippen LogP contribution in [0.25, 0.3) is 16.7 Å². The summed E-state index contributed by atoms with van der Waals surface area (Å²) in [5.41, 5.74) is 3.98. The number of rotatable bonds is 8. The summed E-state index contributed by atoms with van der Waals surface area (Å²) in [6, 6.07) is 13.0. The van der Waals surface area contributed by atoms with Crippen LogP contribution in [0.5, 0.6) is 0 Å². The maximum Gasteiger partial charge on any atom is 0.267 e. The number of carbonyl (C=O) groups is 1. The number of benzene rings is 1. The average molecular weight is 477 g/mol. The van der Waals surface area contributed by atoms with Crippen LogP contribution < -0.4 is 5.56 Å². The molecule has 7 nitrogen and oxygen atoms in total. The van der Waals surface area contributed by atoms with Crippen LogP contribution in [-0.2, 0) is 4.74 Å². The number of methoxy groups -OCH3 is 1. The Hall–Kier alpha value is -3.23. The Morgan fingerprint density at radius 1 is 1.15 bits per heavy atom. The summed E-state index contributed by atoms with van der Waals surface area (Å²) in [7, 11) is 1.67. The van der Waals surface area contributed by atoms with Crippen molar-refractivity contribution in [2.24, 2.45) is 0 Å². The van der Waals surface area contributed by atoms with Crippen LogP contribution in [0.2, 0.25) is 0 Å². The van der Waals surface area contributed by atoms with Crippen molar-refractivity contribution >= 4 is 28.4 Å². The topological polar surface area (TPSA) is 79.0 Å². The quantitative estimate of drug-likeness (QED) is 0.209. The Morgan fingerprint density at radius 3 is 2.65 bits per heavy atom. The van der Waals surface area contributed by atoms with Crippen LogP contribution in [0, 0.1) is 20.8 Å². The molecule has 4 aromatic rings. The Bertz CT molecular complexity index is 1420. The van der Waals surface area contributed by atoms with Gasteiger partial charge in [0, 0.05) is 30.3 Å². The fourth-order valence-corrected chi connectivity index (χ4v) is 5.20. The van der Waals surface area contributed by atoms with Crippen LogP contribution >= 0.6 is 11.8 Å². The molecule has 0 fully saturated rings. The molecule has 3 heterocycles. The minimum atomic E-state index is -0.204. The second kappa shape index (κ2) is 9.95. The van der Waals surface area contributed by atoms with E-state index in [0.29, 0.717) is 34.0 Å². The third kappa shape index (κ3) is 4.56. The van der Waals surface area contributed by atoms with E-state index >= 15 is 0 Å². The third-order valence-electron chi connectivity index (χ3n) is 5.84. The van der Waals surface area contributed by atoms with Crippen molar-refractivity contribution in [1.29, 1.82) is 0 Å². The molecule has 0 saturated carbocycles. The summed E-state index contributed by atoms with van der Waals surface area (Å²) in [5.74, 6) is 0.629. The number of pyridine rings is 1. The standard InChI is InChI=1S/C26H28N4O3S/c1-16-10-11-27-24(12-16)30-25(32)20-8-6-7-9-22(20)28-26(30)34-15-23(31)21-13-17(2)29(19(21)4)18(3)14-33-5/h6-13,18H,14-15H2,1-5H3. The van der Waals surface area contributed by atoms with E-state index in [1.807, 2.05) is 51.1 Å². The number of fused-ring (bicyclic) bond motifs is 1. The van der Waals surface area contributed by atoms with Gasteiger partial charge in [0.1, 0.15) is 5.82 Å². The van der Waals surface area contributed by atoms with Gasteiger partial charge in [0.25, 0.3) is 5.56 Å². The highest BCUT2D eigenvalue weighted by molar-refractivity contribution is 7.99. The molecule has 0 radical (unpaired) electrons. The summed E-state index contributed by atoms with van der Waals surface area (Å²) in [6.45, 7) is 8.53. The van der Waals surface area contributed by atoms with Crippen molar-refractivity contribution < 1.29 is 9.53 Å². The smallest absolute Gasteiger partial charge is 0.267 e. The number of aromatic nitrogens is 4. The van der Waals surface area contributed by atoms with Gasteiger partial charge in [-0.1, -0.05) is 23.9 Å². The average Bonchev–Trinajstić information content (AvgIpc) is 3.11. The number of ketones is 1. The molecule has 34 heavy (non-hydrogen) atoms. The normalized spacial score (nSPS) is 12.3. The van der Waals surface area contributed by atoms with E-state index in [1.54, 1.807) is 25.4 Å². The highest BCUT2D eigenvalue weighted by Crippen LogP contribution is 2.25. The van der Waals surface area contributed by atoms with E-state index in [9.17, 15) is 9.59 Å². The van der Waals surface area contributed by atoms with E-state index in [4.69, 9.17) is 9.72 Å². The Kier molecular flexibility index (Phi) is 7.00. The van der Waals surface area contributed by atoms with Crippen LogP contribution in [0.1, 0.15) is 40.3 Å². The molecule has 0 aliphatic heterocycles. The van der Waals surface area contributed by atoms with Crippen LogP contribution in [0.4, 0.5) is 0 Å². The molecule has 0 spiro atoms. The summed E-state index contributed by atoms with van der Waals surface area (Å²) in [6.07, 6.45) is 1.67. The molecule has 1 aromatic carbocycles. The fraction of sp³-hybridized carbons (Fsp3) is 0.308. The summed E-state index contributed by atoms with van der Waals surface area (Å²) < 4.78 is 8.92. The molecule has 0 N–H and O–H groups in total. The first kappa shape index (κ1) is 23.9. The molecule has 0 amide bonds. The Morgan fingerprint density at radius 2 is 1.91 bits per heavy atom. The highest BCUT2D eigenvalue weighted by Gasteiger charge is 2.21. The number of Topliss-reactive ketones (excluding diaryl/α,β-unsaturated/α-hetero) is 1. The van der Waals surface area contributed by atoms with E-state index in [-0.39, 0.29) is 23.1 Å². The van der Waals surface area contributed by atoms with Gasteiger partial charge in [0.05, 0.1) is 29.3 Å². The van der Waals surface area contributed by atoms with Gasteiger partial charge >= 0.3 is 0 Å². The Labute approximate surface area is 202 Å². The van der Waals surface area contributed by atoms with Crippen molar-refractivity contribution in [3.05, 3.63) is 81.5 Å². The molecule has 0 saturated heterocycles. The lowest BCUT2D eigenvalue weighted by Gasteiger charge is -2.17. The SMILES string of the molecule is COCC(C)n1c(C)cc(C(=O)CSc2nc3ccccc3c(=O)n2-c2cc(C)ccn2)c1C. The zero-order chi connectivity index (χ0) is 24.4. The number of thioether (sulfide) groups is 1. The van der Waals surface area contributed by atoms with Crippen molar-refractivity contribution in [3.8, 4) is 5.82 Å². The van der Waals surface area contributed by atoms with Gasteiger partial charge in [-0.05, 0) is 63.6 Å². The predicted molar refractivity (Wildman–Crippen MR) is 135 cm³/mol. The minimum absolute atomic E-state index is 0.0138. The molecule has 8 heteroatoms. The van der Waals surface area contributed by atoms with E-state index < -0.39 is 0 Å². The van der Waals surface area contributed by atoms with E-state index in [2.05, 4.69) is 16.5 Å². The summed E-state index contributed by atoms with van der Waals surface area (Å²) >= 11 is 1.25. The maximum absolute atomic E-state index is 13.4. The lowest BCUT2D eigenvalue weighted by molar-refractivity contribution is 0.102. The number of nitrogens with zero attached hydrogens (tertiary/aromatic N) is 4. The van der Waals surface area contributed by atoms with E-state index in [1.165, 1.54) is 16.3 Å². The number of hydrogen-bond donors (Lipinski definition) is 0. The van der Waals surface area contributed by atoms with Gasteiger partial charge in [-0.3, -0.25) is 9.59 Å². The zero-order valence-electron chi connectivity index (χ0n) is 20.0. The molecule has 0 aliphatic carbocycles. The van der Waals surface area contributed by atoms with Crippen LogP contribution in [-0.4, -0.2) is 44.4 Å². The highest BCUT2D eigenvalue weighted by atomic mass is 32.2. The monoisotopic (exact) mass is 476 g/mol. The number of carbonyl (C=O) groups excluding carboxylic acids is 1. The minimum Gasteiger partial charge on any atom is -0.383 e. The molecule has 176 valence electrons. The van der Waals surface area contributed by atoms with Crippen molar-refractivity contribution in [3.63, 3.8) is 0 Å². The van der Waals surface area contributed by atoms with Gasteiger partial charge in [-0.2, -0.15) is 0 Å². The first-order valence-electron chi connectivity index (χ1n) is 11.1. The maximum atomic E-state index is 13.4. The molecule has 1 unspecified atom stereocenters. The van der Waals surface area contributed by atoms with Crippen molar-refractivity contribution in [2.75, 3.05) is 19.5 Å². The predicted octanol–water partition coefficient (Wildman–Crippen LogP) is 4.69. The molecular formula is C26H28N4O3S. The Balaban J connectivity index is 1.71. The molecule has 1 atom stereocenters. The second-order valence-electron chi connectivity index (χ2n) is 8.41. The third-order valence-corrected chi connectivity index (χ3v) is 6.78. The van der Waals surface area contributed by atoms with Crippen molar-refractivity contribution in [1.82, 2.24) is 19.1 Å². The molecule has 0 bridgehead atoms. The zero-order valence-corrected chi connectivity index (χ0v) is 20.8.